The zero-order valence-electron chi connectivity index (χ0n) is 11.7. The van der Waals surface area contributed by atoms with Gasteiger partial charge in [0, 0.05) is 12.4 Å². The Morgan fingerprint density at radius 3 is 1.68 bits per heavy atom. The maximum absolute atomic E-state index is 11.1. The van der Waals surface area contributed by atoms with Crippen LogP contribution in [0.2, 0.25) is 0 Å². The van der Waals surface area contributed by atoms with E-state index < -0.39 is 31.1 Å². The summed E-state index contributed by atoms with van der Waals surface area (Å²) in [6.45, 7) is -0.853. The lowest BCUT2D eigenvalue weighted by atomic mass is 10.1. The van der Waals surface area contributed by atoms with Gasteiger partial charge in [-0.2, -0.15) is 0 Å². The molecule has 7 nitrogen and oxygen atoms in total. The summed E-state index contributed by atoms with van der Waals surface area (Å²) in [5.74, 6) is -2.23. The van der Waals surface area contributed by atoms with Crippen molar-refractivity contribution < 1.29 is 19.8 Å². The van der Waals surface area contributed by atoms with Crippen molar-refractivity contribution >= 4 is 11.9 Å². The minimum atomic E-state index is -1.11. The zero-order chi connectivity index (χ0) is 15.9. The van der Waals surface area contributed by atoms with Crippen LogP contribution in [0, 0.1) is 0 Å². The molecule has 2 heterocycles. The Balaban J connectivity index is 2.45. The van der Waals surface area contributed by atoms with E-state index in [0.29, 0.717) is 11.4 Å². The van der Waals surface area contributed by atoms with Gasteiger partial charge in [-0.3, -0.25) is 24.5 Å². The summed E-state index contributed by atoms with van der Waals surface area (Å²) in [6, 6.07) is 9.78. The minimum absolute atomic E-state index is 0.426. The number of carboxylic acids is 2. The Kier molecular flexibility index (Phi) is 5.16. The first kappa shape index (κ1) is 15.6. The highest BCUT2D eigenvalue weighted by Crippen LogP contribution is 2.25. The maximum atomic E-state index is 11.1. The molecule has 114 valence electrons. The summed E-state index contributed by atoms with van der Waals surface area (Å²) in [6.07, 6.45) is 3.15. The van der Waals surface area contributed by atoms with Crippen LogP contribution >= 0.6 is 0 Å². The monoisotopic (exact) mass is 301 g/mol. The number of pyridine rings is 2. The van der Waals surface area contributed by atoms with Crippen molar-refractivity contribution in [3.8, 4) is 0 Å². The summed E-state index contributed by atoms with van der Waals surface area (Å²) < 4.78 is 0. The van der Waals surface area contributed by atoms with Crippen LogP contribution in [0.15, 0.2) is 48.8 Å². The van der Waals surface area contributed by atoms with E-state index in [9.17, 15) is 9.59 Å². The fourth-order valence-electron chi connectivity index (χ4n) is 2.19. The van der Waals surface area contributed by atoms with Gasteiger partial charge in [0.25, 0.3) is 0 Å². The van der Waals surface area contributed by atoms with E-state index in [2.05, 4.69) is 9.97 Å². The molecule has 0 unspecified atom stereocenters. The lowest BCUT2D eigenvalue weighted by molar-refractivity contribution is -0.142. The summed E-state index contributed by atoms with van der Waals surface area (Å²) in [7, 11) is 0. The van der Waals surface area contributed by atoms with Gasteiger partial charge in [0.05, 0.1) is 30.5 Å². The van der Waals surface area contributed by atoms with E-state index in [4.69, 9.17) is 10.2 Å². The molecule has 0 amide bonds. The molecule has 2 rings (SSSR count). The van der Waals surface area contributed by atoms with Crippen molar-refractivity contribution in [2.75, 3.05) is 13.1 Å². The first-order valence-electron chi connectivity index (χ1n) is 6.57. The highest BCUT2D eigenvalue weighted by molar-refractivity contribution is 5.72. The quantitative estimate of drug-likeness (QED) is 0.787. The van der Waals surface area contributed by atoms with Gasteiger partial charge in [-0.25, -0.2) is 0 Å². The van der Waals surface area contributed by atoms with Crippen LogP contribution in [0.1, 0.15) is 17.4 Å². The molecule has 2 aromatic heterocycles. The number of carboxylic acid groups (broad SMARTS) is 2. The minimum Gasteiger partial charge on any atom is -0.480 e. The third kappa shape index (κ3) is 4.10. The maximum Gasteiger partial charge on any atom is 0.317 e. The van der Waals surface area contributed by atoms with Crippen molar-refractivity contribution in [3.63, 3.8) is 0 Å². The van der Waals surface area contributed by atoms with Crippen LogP contribution in [-0.4, -0.2) is 50.1 Å². The van der Waals surface area contributed by atoms with Gasteiger partial charge in [0.2, 0.25) is 0 Å². The van der Waals surface area contributed by atoms with Gasteiger partial charge in [-0.15, -0.1) is 0 Å². The largest absolute Gasteiger partial charge is 0.480 e. The number of aromatic nitrogens is 2. The average molecular weight is 301 g/mol. The predicted octanol–water partition coefficient (Wildman–Crippen LogP) is 1.04. The Morgan fingerprint density at radius 2 is 1.36 bits per heavy atom. The van der Waals surface area contributed by atoms with Crippen LogP contribution in [0.3, 0.4) is 0 Å². The molecule has 0 aliphatic rings. The number of rotatable bonds is 7. The Bertz CT molecular complexity index is 578. The second-order valence-electron chi connectivity index (χ2n) is 4.60. The van der Waals surface area contributed by atoms with Crippen LogP contribution in [0.25, 0.3) is 0 Å². The lowest BCUT2D eigenvalue weighted by Gasteiger charge is -2.28. The number of hydrogen-bond acceptors (Lipinski definition) is 5. The van der Waals surface area contributed by atoms with Crippen molar-refractivity contribution in [3.05, 3.63) is 60.2 Å². The topological polar surface area (TPSA) is 104 Å². The molecule has 0 aromatic carbocycles. The molecule has 2 aromatic rings. The van der Waals surface area contributed by atoms with Crippen LogP contribution in [0.5, 0.6) is 0 Å². The van der Waals surface area contributed by atoms with Crippen molar-refractivity contribution in [1.29, 1.82) is 0 Å². The molecule has 0 aliphatic heterocycles. The lowest BCUT2D eigenvalue weighted by Crippen LogP contribution is -2.38. The number of aliphatic carboxylic acids is 2. The SMILES string of the molecule is O=C(O)CN(CC(=O)O)C(c1ccccn1)c1ccccn1. The fraction of sp³-hybridized carbons (Fsp3) is 0.200. The fourth-order valence-corrected chi connectivity index (χ4v) is 2.19. The van der Waals surface area contributed by atoms with E-state index in [-0.39, 0.29) is 0 Å². The van der Waals surface area contributed by atoms with Gasteiger partial charge >= 0.3 is 11.9 Å². The summed E-state index contributed by atoms with van der Waals surface area (Å²) in [5.41, 5.74) is 1.09. The second kappa shape index (κ2) is 7.28. The van der Waals surface area contributed by atoms with Crippen molar-refractivity contribution in [2.45, 2.75) is 6.04 Å². The first-order chi connectivity index (χ1) is 10.6. The summed E-state index contributed by atoms with van der Waals surface area (Å²) in [5, 5.41) is 18.1. The van der Waals surface area contributed by atoms with Crippen molar-refractivity contribution in [2.24, 2.45) is 0 Å². The van der Waals surface area contributed by atoms with Crippen LogP contribution < -0.4 is 0 Å². The highest BCUT2D eigenvalue weighted by Gasteiger charge is 2.28. The van der Waals surface area contributed by atoms with Gasteiger partial charge in [0.15, 0.2) is 0 Å². The average Bonchev–Trinajstić information content (AvgIpc) is 2.48. The molecular weight excluding hydrogens is 286 g/mol. The van der Waals surface area contributed by atoms with Crippen LogP contribution in [0.4, 0.5) is 0 Å². The van der Waals surface area contributed by atoms with E-state index >= 15 is 0 Å². The molecule has 22 heavy (non-hydrogen) atoms. The number of carbonyl (C=O) groups is 2. The summed E-state index contributed by atoms with van der Waals surface area (Å²) >= 11 is 0. The standard InChI is InChI=1S/C15H15N3O4/c19-13(20)9-18(10-14(21)22)15(11-5-1-3-7-16-11)12-6-2-4-8-17-12/h1-8,15H,9-10H2,(H,19,20)(H,21,22). The third-order valence-corrected chi connectivity index (χ3v) is 2.98. The molecule has 0 fully saturated rings. The van der Waals surface area contributed by atoms with E-state index in [1.807, 2.05) is 0 Å². The van der Waals surface area contributed by atoms with Gasteiger partial charge in [-0.05, 0) is 24.3 Å². The predicted molar refractivity (Wildman–Crippen MR) is 77.2 cm³/mol. The molecule has 0 spiro atoms. The Labute approximate surface area is 126 Å². The van der Waals surface area contributed by atoms with E-state index in [1.54, 1.807) is 48.8 Å². The molecular formula is C15H15N3O4. The number of nitrogens with zero attached hydrogens (tertiary/aromatic N) is 3. The van der Waals surface area contributed by atoms with Crippen LogP contribution in [-0.2, 0) is 9.59 Å². The van der Waals surface area contributed by atoms with E-state index in [1.165, 1.54) is 4.90 Å². The Morgan fingerprint density at radius 1 is 0.909 bits per heavy atom. The molecule has 0 saturated carbocycles. The molecule has 0 bridgehead atoms. The molecule has 0 radical (unpaired) electrons. The number of hydrogen-bond donors (Lipinski definition) is 2. The molecule has 0 atom stereocenters. The van der Waals surface area contributed by atoms with Gasteiger partial charge in [0.1, 0.15) is 0 Å². The molecule has 0 aliphatic carbocycles. The first-order valence-corrected chi connectivity index (χ1v) is 6.57. The molecule has 7 heteroatoms. The highest BCUT2D eigenvalue weighted by atomic mass is 16.4. The Hall–Kier alpha value is -2.80. The zero-order valence-corrected chi connectivity index (χ0v) is 11.7. The third-order valence-electron chi connectivity index (χ3n) is 2.98. The van der Waals surface area contributed by atoms with Gasteiger partial charge in [-0.1, -0.05) is 12.1 Å². The normalized spacial score (nSPS) is 10.8. The van der Waals surface area contributed by atoms with Gasteiger partial charge < -0.3 is 10.2 Å². The second-order valence-corrected chi connectivity index (χ2v) is 4.60. The summed E-state index contributed by atoms with van der Waals surface area (Å²) in [4.78, 5) is 31.9. The molecule has 0 saturated heterocycles. The van der Waals surface area contributed by atoms with Crippen molar-refractivity contribution in [1.82, 2.24) is 14.9 Å². The van der Waals surface area contributed by atoms with E-state index in [0.717, 1.165) is 0 Å². The molecule has 2 N–H and O–H groups in total. The smallest absolute Gasteiger partial charge is 0.317 e.